The molecule has 0 radical (unpaired) electrons. The number of esters is 1. The lowest BCUT2D eigenvalue weighted by Gasteiger charge is -2.07. The second-order valence-electron chi connectivity index (χ2n) is 5.65. The van der Waals surface area contributed by atoms with Crippen LogP contribution in [0.5, 0.6) is 5.75 Å². The Labute approximate surface area is 160 Å². The molecular weight excluding hydrogens is 364 g/mol. The Kier molecular flexibility index (Phi) is 5.71. The monoisotopic (exact) mass is 384 g/mol. The molecule has 0 unspecified atom stereocenters. The smallest absolute Gasteiger partial charge is 0.337 e. The van der Waals surface area contributed by atoms with Crippen molar-refractivity contribution in [1.82, 2.24) is 4.57 Å². The first-order chi connectivity index (χ1) is 13.1. The van der Waals surface area contributed by atoms with Gasteiger partial charge in [-0.1, -0.05) is 17.4 Å². The molecule has 1 heterocycles. The van der Waals surface area contributed by atoms with Crippen LogP contribution in [-0.4, -0.2) is 30.2 Å². The lowest BCUT2D eigenvalue weighted by Crippen LogP contribution is -2.16. The third-order valence-corrected chi connectivity index (χ3v) is 5.07. The summed E-state index contributed by atoms with van der Waals surface area (Å²) < 4.78 is 13.4. The Balaban J connectivity index is 2.03. The van der Waals surface area contributed by atoms with Gasteiger partial charge in [0.25, 0.3) is 5.91 Å². The number of hydrogen-bond acceptors (Lipinski definition) is 5. The van der Waals surface area contributed by atoms with Gasteiger partial charge in [0, 0.05) is 12.1 Å². The van der Waals surface area contributed by atoms with Crippen LogP contribution >= 0.6 is 11.3 Å². The first-order valence-corrected chi connectivity index (χ1v) is 9.43. The highest BCUT2D eigenvalue weighted by Crippen LogP contribution is 2.27. The van der Waals surface area contributed by atoms with Crippen molar-refractivity contribution in [2.75, 3.05) is 13.7 Å². The maximum absolute atomic E-state index is 12.6. The van der Waals surface area contributed by atoms with Gasteiger partial charge in [-0.05, 0) is 50.2 Å². The van der Waals surface area contributed by atoms with Crippen LogP contribution in [0.3, 0.4) is 0 Å². The van der Waals surface area contributed by atoms with Crippen LogP contribution in [0.25, 0.3) is 10.2 Å². The van der Waals surface area contributed by atoms with Crippen LogP contribution in [0, 0.1) is 0 Å². The number of para-hydroxylation sites is 1. The second kappa shape index (κ2) is 8.18. The molecule has 27 heavy (non-hydrogen) atoms. The minimum atomic E-state index is -0.442. The van der Waals surface area contributed by atoms with Crippen molar-refractivity contribution in [3.8, 4) is 5.75 Å². The molecule has 1 aromatic heterocycles. The number of fused-ring (bicyclic) bond motifs is 1. The van der Waals surface area contributed by atoms with Gasteiger partial charge in [-0.25, -0.2) is 4.79 Å². The predicted molar refractivity (Wildman–Crippen MR) is 104 cm³/mol. The molecule has 0 aliphatic rings. The van der Waals surface area contributed by atoms with E-state index in [9.17, 15) is 9.59 Å². The number of aryl methyl sites for hydroxylation is 1. The van der Waals surface area contributed by atoms with E-state index in [1.807, 2.05) is 36.6 Å². The van der Waals surface area contributed by atoms with Gasteiger partial charge in [-0.2, -0.15) is 4.99 Å². The SMILES string of the molecule is CCOc1cccc2sc(=NC(=O)c3ccc(C(=O)OC)cc3)n(CC)c12. The normalized spacial score (nSPS) is 11.6. The molecule has 0 bridgehead atoms. The van der Waals surface area contributed by atoms with E-state index in [1.165, 1.54) is 18.4 Å². The highest BCUT2D eigenvalue weighted by Gasteiger charge is 2.13. The van der Waals surface area contributed by atoms with E-state index in [4.69, 9.17) is 4.74 Å². The van der Waals surface area contributed by atoms with Crippen LogP contribution < -0.4 is 9.54 Å². The second-order valence-corrected chi connectivity index (χ2v) is 6.66. The number of thiazole rings is 1. The van der Waals surface area contributed by atoms with Gasteiger partial charge in [-0.3, -0.25) is 4.79 Å². The fourth-order valence-electron chi connectivity index (χ4n) is 2.77. The molecule has 140 valence electrons. The Morgan fingerprint density at radius 2 is 1.78 bits per heavy atom. The van der Waals surface area contributed by atoms with E-state index >= 15 is 0 Å². The molecule has 0 spiro atoms. The van der Waals surface area contributed by atoms with Crippen molar-refractivity contribution in [3.05, 3.63) is 58.4 Å². The molecule has 0 saturated heterocycles. The number of ether oxygens (including phenoxy) is 2. The summed E-state index contributed by atoms with van der Waals surface area (Å²) in [6.45, 7) is 5.17. The molecule has 6 nitrogen and oxygen atoms in total. The molecule has 0 N–H and O–H groups in total. The molecule has 3 aromatic rings. The Morgan fingerprint density at radius 3 is 2.41 bits per heavy atom. The fraction of sp³-hybridized carbons (Fsp3) is 0.250. The standard InChI is InChI=1S/C20H20N2O4S/c1-4-22-17-15(26-5-2)7-6-8-16(17)27-20(22)21-18(23)13-9-11-14(12-10-13)19(24)25-3/h6-12H,4-5H2,1-3H3. The number of carbonyl (C=O) groups is 2. The quantitative estimate of drug-likeness (QED) is 0.630. The zero-order valence-corrected chi connectivity index (χ0v) is 16.2. The van der Waals surface area contributed by atoms with Crippen molar-refractivity contribution in [2.45, 2.75) is 20.4 Å². The van der Waals surface area contributed by atoms with Crippen LogP contribution in [0.15, 0.2) is 47.5 Å². The summed E-state index contributed by atoms with van der Waals surface area (Å²) in [5, 5.41) is 0. The van der Waals surface area contributed by atoms with E-state index in [2.05, 4.69) is 9.73 Å². The molecule has 2 aromatic carbocycles. The summed E-state index contributed by atoms with van der Waals surface area (Å²) in [6, 6.07) is 12.1. The summed E-state index contributed by atoms with van der Waals surface area (Å²) in [5.41, 5.74) is 1.74. The van der Waals surface area contributed by atoms with Gasteiger partial charge in [-0.15, -0.1) is 0 Å². The van der Waals surface area contributed by atoms with E-state index in [0.29, 0.717) is 29.1 Å². The van der Waals surface area contributed by atoms with Crippen molar-refractivity contribution >= 4 is 33.4 Å². The summed E-state index contributed by atoms with van der Waals surface area (Å²) in [4.78, 5) is 29.0. The summed E-state index contributed by atoms with van der Waals surface area (Å²) in [7, 11) is 1.32. The fourth-order valence-corrected chi connectivity index (χ4v) is 3.88. The molecule has 0 fully saturated rings. The average Bonchev–Trinajstić information content (AvgIpc) is 3.05. The molecule has 1 amide bonds. The first kappa shape index (κ1) is 18.8. The van der Waals surface area contributed by atoms with Crippen LogP contribution in [0.2, 0.25) is 0 Å². The summed E-state index contributed by atoms with van der Waals surface area (Å²) in [5.74, 6) is -0.0229. The highest BCUT2D eigenvalue weighted by molar-refractivity contribution is 7.16. The number of amides is 1. The van der Waals surface area contributed by atoms with Crippen LogP contribution in [0.1, 0.15) is 34.6 Å². The maximum atomic E-state index is 12.6. The number of carbonyl (C=O) groups excluding carboxylic acids is 2. The third kappa shape index (κ3) is 3.78. The number of nitrogens with zero attached hydrogens (tertiary/aromatic N) is 2. The van der Waals surface area contributed by atoms with Gasteiger partial charge >= 0.3 is 5.97 Å². The molecule has 7 heteroatoms. The minimum absolute atomic E-state index is 0.363. The largest absolute Gasteiger partial charge is 0.492 e. The minimum Gasteiger partial charge on any atom is -0.492 e. The number of rotatable bonds is 5. The Bertz CT molecular complexity index is 1050. The lowest BCUT2D eigenvalue weighted by molar-refractivity contribution is 0.0600. The Morgan fingerprint density at radius 1 is 1.07 bits per heavy atom. The van der Waals surface area contributed by atoms with E-state index < -0.39 is 5.97 Å². The van der Waals surface area contributed by atoms with Gasteiger partial charge in [0.2, 0.25) is 0 Å². The molecule has 0 atom stereocenters. The van der Waals surface area contributed by atoms with Crippen molar-refractivity contribution < 1.29 is 19.1 Å². The molecule has 0 aliphatic heterocycles. The van der Waals surface area contributed by atoms with Crippen molar-refractivity contribution in [3.63, 3.8) is 0 Å². The number of methoxy groups -OCH3 is 1. The van der Waals surface area contributed by atoms with Crippen molar-refractivity contribution in [2.24, 2.45) is 4.99 Å². The molecule has 0 saturated carbocycles. The predicted octanol–water partition coefficient (Wildman–Crippen LogP) is 3.65. The van der Waals surface area contributed by atoms with Crippen molar-refractivity contribution in [1.29, 1.82) is 0 Å². The van der Waals surface area contributed by atoms with Crippen LogP contribution in [0.4, 0.5) is 0 Å². The summed E-state index contributed by atoms with van der Waals surface area (Å²) in [6.07, 6.45) is 0. The molecule has 3 rings (SSSR count). The molecular formula is C20H20N2O4S. The molecule has 0 aliphatic carbocycles. The van der Waals surface area contributed by atoms with E-state index in [-0.39, 0.29) is 5.91 Å². The Hall–Kier alpha value is -2.93. The van der Waals surface area contributed by atoms with E-state index in [1.54, 1.807) is 24.3 Å². The van der Waals surface area contributed by atoms with Gasteiger partial charge in [0.1, 0.15) is 11.3 Å². The third-order valence-electron chi connectivity index (χ3n) is 4.03. The lowest BCUT2D eigenvalue weighted by atomic mass is 10.1. The maximum Gasteiger partial charge on any atom is 0.337 e. The topological polar surface area (TPSA) is 69.9 Å². The zero-order chi connectivity index (χ0) is 19.4. The number of aromatic nitrogens is 1. The number of benzene rings is 2. The van der Waals surface area contributed by atoms with E-state index in [0.717, 1.165) is 16.0 Å². The highest BCUT2D eigenvalue weighted by atomic mass is 32.1. The summed E-state index contributed by atoms with van der Waals surface area (Å²) >= 11 is 1.44. The van der Waals surface area contributed by atoms with Gasteiger partial charge < -0.3 is 14.0 Å². The first-order valence-electron chi connectivity index (χ1n) is 8.61. The van der Waals surface area contributed by atoms with Gasteiger partial charge in [0.15, 0.2) is 4.80 Å². The number of hydrogen-bond donors (Lipinski definition) is 0. The van der Waals surface area contributed by atoms with Gasteiger partial charge in [0.05, 0.1) is 24.0 Å². The zero-order valence-electron chi connectivity index (χ0n) is 15.4. The average molecular weight is 384 g/mol. The van der Waals surface area contributed by atoms with Crippen LogP contribution in [-0.2, 0) is 11.3 Å².